The summed E-state index contributed by atoms with van der Waals surface area (Å²) in [7, 11) is 0. The second kappa shape index (κ2) is 7.00. The molecule has 4 aliphatic rings. The number of fused-ring (bicyclic) bond motifs is 1. The van der Waals surface area contributed by atoms with E-state index in [0.717, 1.165) is 24.9 Å². The first-order chi connectivity index (χ1) is 11.3. The Balaban J connectivity index is 1.34. The van der Waals surface area contributed by atoms with E-state index in [4.69, 9.17) is 0 Å². The number of hydrogen-bond donors (Lipinski definition) is 1. The summed E-state index contributed by atoms with van der Waals surface area (Å²) >= 11 is 0. The molecule has 23 heavy (non-hydrogen) atoms. The predicted octanol–water partition coefficient (Wildman–Crippen LogP) is 3.37. The van der Waals surface area contributed by atoms with E-state index >= 15 is 0 Å². The lowest BCUT2D eigenvalue weighted by atomic mass is 9.94. The number of hydrogen-bond acceptors (Lipinski definition) is 2. The quantitative estimate of drug-likeness (QED) is 0.862. The van der Waals surface area contributed by atoms with E-state index in [-0.39, 0.29) is 6.03 Å². The van der Waals surface area contributed by atoms with Crippen LogP contribution < -0.4 is 5.32 Å². The normalized spacial score (nSPS) is 32.5. The first-order valence-corrected chi connectivity index (χ1v) is 10.1. The van der Waals surface area contributed by atoms with Crippen LogP contribution in [0.5, 0.6) is 0 Å². The SMILES string of the molecule is O=C(N[C@@H]1CCN2CCC[C@@H]2C1)N(CC1CC1)C1CCCCC1. The van der Waals surface area contributed by atoms with Gasteiger partial charge in [-0.15, -0.1) is 0 Å². The van der Waals surface area contributed by atoms with E-state index in [1.54, 1.807) is 0 Å². The highest BCUT2D eigenvalue weighted by Gasteiger charge is 2.35. The smallest absolute Gasteiger partial charge is 0.317 e. The molecule has 0 aromatic heterocycles. The minimum Gasteiger partial charge on any atom is -0.335 e. The Morgan fingerprint density at radius 3 is 2.57 bits per heavy atom. The fourth-order valence-electron chi connectivity index (χ4n) is 4.98. The maximum absolute atomic E-state index is 13.0. The van der Waals surface area contributed by atoms with Gasteiger partial charge in [0, 0.05) is 31.2 Å². The number of carbonyl (C=O) groups is 1. The number of amides is 2. The zero-order chi connectivity index (χ0) is 15.6. The Kier molecular flexibility index (Phi) is 4.79. The van der Waals surface area contributed by atoms with Crippen LogP contribution in [0.3, 0.4) is 0 Å². The van der Waals surface area contributed by atoms with Crippen molar-refractivity contribution in [2.24, 2.45) is 5.92 Å². The zero-order valence-electron chi connectivity index (χ0n) is 14.5. The summed E-state index contributed by atoms with van der Waals surface area (Å²) in [6.07, 6.45) is 14.1. The molecule has 0 radical (unpaired) electrons. The van der Waals surface area contributed by atoms with Gasteiger partial charge < -0.3 is 15.1 Å². The van der Waals surface area contributed by atoms with Gasteiger partial charge in [0.05, 0.1) is 0 Å². The fourth-order valence-corrected chi connectivity index (χ4v) is 4.98. The van der Waals surface area contributed by atoms with Crippen molar-refractivity contribution >= 4 is 6.03 Å². The summed E-state index contributed by atoms with van der Waals surface area (Å²) in [6.45, 7) is 3.47. The molecule has 2 atom stereocenters. The maximum Gasteiger partial charge on any atom is 0.317 e. The van der Waals surface area contributed by atoms with Gasteiger partial charge in [0.2, 0.25) is 0 Å². The second-order valence-corrected chi connectivity index (χ2v) is 8.39. The number of nitrogens with zero attached hydrogens (tertiary/aromatic N) is 2. The molecule has 2 aliphatic heterocycles. The highest BCUT2D eigenvalue weighted by molar-refractivity contribution is 5.75. The van der Waals surface area contributed by atoms with Crippen LogP contribution in [0.2, 0.25) is 0 Å². The third-order valence-corrected chi connectivity index (χ3v) is 6.58. The third-order valence-electron chi connectivity index (χ3n) is 6.58. The molecule has 4 rings (SSSR count). The van der Waals surface area contributed by atoms with Crippen molar-refractivity contribution in [3.05, 3.63) is 0 Å². The lowest BCUT2D eigenvalue weighted by Crippen LogP contribution is -2.53. The number of piperidine rings is 1. The molecule has 1 N–H and O–H groups in total. The van der Waals surface area contributed by atoms with Crippen LogP contribution in [0, 0.1) is 5.92 Å². The Morgan fingerprint density at radius 1 is 0.957 bits per heavy atom. The number of carbonyl (C=O) groups excluding carboxylic acids is 1. The molecule has 4 heteroatoms. The van der Waals surface area contributed by atoms with Crippen molar-refractivity contribution in [3.63, 3.8) is 0 Å². The largest absolute Gasteiger partial charge is 0.335 e. The molecular formula is C19H33N3O. The van der Waals surface area contributed by atoms with Gasteiger partial charge in [-0.25, -0.2) is 4.79 Å². The average Bonchev–Trinajstić information content (AvgIpc) is 3.28. The lowest BCUT2D eigenvalue weighted by molar-refractivity contribution is 0.133. The summed E-state index contributed by atoms with van der Waals surface area (Å²) in [4.78, 5) is 17.8. The molecule has 4 fully saturated rings. The molecule has 130 valence electrons. The Labute approximate surface area is 141 Å². The molecule has 0 bridgehead atoms. The molecule has 0 aromatic carbocycles. The minimum absolute atomic E-state index is 0.250. The van der Waals surface area contributed by atoms with Crippen molar-refractivity contribution in [2.75, 3.05) is 19.6 Å². The number of nitrogens with one attached hydrogen (secondary N) is 1. The molecule has 2 aliphatic carbocycles. The highest BCUT2D eigenvalue weighted by atomic mass is 16.2. The fraction of sp³-hybridized carbons (Fsp3) is 0.947. The minimum atomic E-state index is 0.250. The first kappa shape index (κ1) is 15.7. The highest BCUT2D eigenvalue weighted by Crippen LogP contribution is 2.33. The van der Waals surface area contributed by atoms with Gasteiger partial charge in [0.15, 0.2) is 0 Å². The van der Waals surface area contributed by atoms with E-state index in [0.29, 0.717) is 12.1 Å². The van der Waals surface area contributed by atoms with Crippen molar-refractivity contribution < 1.29 is 4.79 Å². The first-order valence-electron chi connectivity index (χ1n) is 10.1. The average molecular weight is 319 g/mol. The topological polar surface area (TPSA) is 35.6 Å². The molecule has 0 aromatic rings. The van der Waals surface area contributed by atoms with Crippen LogP contribution in [-0.2, 0) is 0 Å². The van der Waals surface area contributed by atoms with E-state index < -0.39 is 0 Å². The molecule has 2 saturated heterocycles. The molecule has 0 spiro atoms. The number of urea groups is 1. The zero-order valence-corrected chi connectivity index (χ0v) is 14.5. The standard InChI is InChI=1S/C19H33N3O/c23-19(20-16-10-12-21-11-4-7-18(21)13-16)22(14-15-8-9-15)17-5-2-1-3-6-17/h15-18H,1-14H2,(H,20,23)/t16-,18-/m1/s1. The van der Waals surface area contributed by atoms with Gasteiger partial charge in [-0.1, -0.05) is 19.3 Å². The Bertz CT molecular complexity index is 417. The van der Waals surface area contributed by atoms with E-state index in [9.17, 15) is 4.79 Å². The maximum atomic E-state index is 13.0. The van der Waals surface area contributed by atoms with Gasteiger partial charge in [0.1, 0.15) is 0 Å². The van der Waals surface area contributed by atoms with Gasteiger partial charge in [-0.3, -0.25) is 0 Å². The molecule has 4 nitrogen and oxygen atoms in total. The molecule has 2 heterocycles. The van der Waals surface area contributed by atoms with Crippen molar-refractivity contribution in [1.29, 1.82) is 0 Å². The summed E-state index contributed by atoms with van der Waals surface area (Å²) < 4.78 is 0. The molecule has 0 unspecified atom stereocenters. The van der Waals surface area contributed by atoms with Gasteiger partial charge >= 0.3 is 6.03 Å². The van der Waals surface area contributed by atoms with Crippen LogP contribution in [0.25, 0.3) is 0 Å². The van der Waals surface area contributed by atoms with Crippen molar-refractivity contribution in [3.8, 4) is 0 Å². The van der Waals surface area contributed by atoms with E-state index in [1.807, 2.05) is 0 Å². The molecule has 2 amide bonds. The monoisotopic (exact) mass is 319 g/mol. The van der Waals surface area contributed by atoms with Crippen LogP contribution in [-0.4, -0.2) is 53.6 Å². The molecular weight excluding hydrogens is 286 g/mol. The van der Waals surface area contributed by atoms with Crippen LogP contribution in [0.15, 0.2) is 0 Å². The Hall–Kier alpha value is -0.770. The van der Waals surface area contributed by atoms with Gasteiger partial charge in [0.25, 0.3) is 0 Å². The van der Waals surface area contributed by atoms with Gasteiger partial charge in [-0.05, 0) is 63.8 Å². The van der Waals surface area contributed by atoms with Crippen molar-refractivity contribution in [1.82, 2.24) is 15.1 Å². The molecule has 2 saturated carbocycles. The van der Waals surface area contributed by atoms with Crippen molar-refractivity contribution in [2.45, 2.75) is 88.8 Å². The summed E-state index contributed by atoms with van der Waals surface area (Å²) in [5.74, 6) is 0.791. The predicted molar refractivity (Wildman–Crippen MR) is 92.5 cm³/mol. The summed E-state index contributed by atoms with van der Waals surface area (Å²) in [6, 6.07) is 1.91. The van der Waals surface area contributed by atoms with E-state index in [2.05, 4.69) is 15.1 Å². The third kappa shape index (κ3) is 3.84. The summed E-state index contributed by atoms with van der Waals surface area (Å²) in [5, 5.41) is 3.42. The van der Waals surface area contributed by atoms with Crippen LogP contribution in [0.1, 0.15) is 70.6 Å². The Morgan fingerprint density at radius 2 is 1.78 bits per heavy atom. The summed E-state index contributed by atoms with van der Waals surface area (Å²) in [5.41, 5.74) is 0. The number of rotatable bonds is 4. The lowest BCUT2D eigenvalue weighted by Gasteiger charge is -2.38. The van der Waals surface area contributed by atoms with Gasteiger partial charge in [-0.2, -0.15) is 0 Å². The van der Waals surface area contributed by atoms with Crippen LogP contribution >= 0.6 is 0 Å². The van der Waals surface area contributed by atoms with E-state index in [1.165, 1.54) is 77.3 Å². The van der Waals surface area contributed by atoms with Crippen LogP contribution in [0.4, 0.5) is 4.79 Å². The second-order valence-electron chi connectivity index (χ2n) is 8.39.